The zero-order valence-electron chi connectivity index (χ0n) is 7.47. The third-order valence-corrected chi connectivity index (χ3v) is 5.00. The van der Waals surface area contributed by atoms with E-state index in [1.807, 2.05) is 0 Å². The van der Waals surface area contributed by atoms with Crippen molar-refractivity contribution in [3.05, 3.63) is 12.0 Å². The van der Waals surface area contributed by atoms with E-state index in [4.69, 9.17) is 5.11 Å². The SMILES string of the molecule is CSC1(C(=O)O)S[C@@H]2OC(=O)N2C=C1F. The number of amides is 1. The molecule has 8 heteroatoms. The first-order chi connectivity index (χ1) is 7.01. The summed E-state index contributed by atoms with van der Waals surface area (Å²) in [5.74, 6) is -2.16. The molecule has 1 saturated heterocycles. The van der Waals surface area contributed by atoms with Gasteiger partial charge in [-0.2, -0.15) is 0 Å². The van der Waals surface area contributed by atoms with Crippen molar-refractivity contribution in [2.45, 2.75) is 9.64 Å². The number of rotatable bonds is 2. The first-order valence-electron chi connectivity index (χ1n) is 3.84. The minimum absolute atomic E-state index is 0.664. The largest absolute Gasteiger partial charge is 0.479 e. The van der Waals surface area contributed by atoms with Crippen molar-refractivity contribution in [2.75, 3.05) is 6.26 Å². The van der Waals surface area contributed by atoms with Crippen LogP contribution in [0.25, 0.3) is 0 Å². The number of thioether (sulfide) groups is 2. The molecular weight excluding hydrogens is 245 g/mol. The van der Waals surface area contributed by atoms with Crippen molar-refractivity contribution in [1.29, 1.82) is 0 Å². The summed E-state index contributed by atoms with van der Waals surface area (Å²) in [5.41, 5.74) is -0.736. The molecule has 1 amide bonds. The Morgan fingerprint density at radius 2 is 2.53 bits per heavy atom. The zero-order chi connectivity index (χ0) is 11.2. The number of hydrogen-bond acceptors (Lipinski definition) is 5. The lowest BCUT2D eigenvalue weighted by Gasteiger charge is -2.43. The fourth-order valence-corrected chi connectivity index (χ4v) is 3.22. The Morgan fingerprint density at radius 3 is 3.00 bits per heavy atom. The second-order valence-electron chi connectivity index (χ2n) is 2.82. The third kappa shape index (κ3) is 1.31. The highest BCUT2D eigenvalue weighted by Gasteiger charge is 2.56. The Bertz CT molecular complexity index is 374. The molecule has 2 rings (SSSR count). The summed E-state index contributed by atoms with van der Waals surface area (Å²) >= 11 is 1.60. The lowest BCUT2D eigenvalue weighted by molar-refractivity contribution is -0.137. The second-order valence-corrected chi connectivity index (χ2v) is 5.35. The minimum Gasteiger partial charge on any atom is -0.479 e. The summed E-state index contributed by atoms with van der Waals surface area (Å²) in [6.07, 6.45) is 1.71. The van der Waals surface area contributed by atoms with Gasteiger partial charge in [0.1, 0.15) is 0 Å². The van der Waals surface area contributed by atoms with Gasteiger partial charge in [-0.1, -0.05) is 11.8 Å². The van der Waals surface area contributed by atoms with E-state index in [0.29, 0.717) is 0 Å². The molecule has 0 aromatic carbocycles. The summed E-state index contributed by atoms with van der Waals surface area (Å²) in [4.78, 5) is 22.8. The van der Waals surface area contributed by atoms with Gasteiger partial charge in [0, 0.05) is 6.20 Å². The molecule has 0 aliphatic carbocycles. The summed E-state index contributed by atoms with van der Waals surface area (Å²) < 4.78 is 16.5. The Hall–Kier alpha value is -0.890. The molecule has 2 heterocycles. The monoisotopic (exact) mass is 251 g/mol. The first kappa shape index (κ1) is 10.6. The van der Waals surface area contributed by atoms with Crippen LogP contribution in [-0.2, 0) is 9.53 Å². The highest BCUT2D eigenvalue weighted by atomic mass is 32.2. The average Bonchev–Trinajstić information content (AvgIpc) is 2.19. The number of halogens is 1. The van der Waals surface area contributed by atoms with Crippen molar-refractivity contribution in [3.63, 3.8) is 0 Å². The number of nitrogens with zero attached hydrogens (tertiary/aromatic N) is 1. The van der Waals surface area contributed by atoms with Crippen molar-refractivity contribution in [2.24, 2.45) is 0 Å². The molecule has 15 heavy (non-hydrogen) atoms. The van der Waals surface area contributed by atoms with Crippen LogP contribution < -0.4 is 0 Å². The number of carbonyl (C=O) groups is 2. The molecular formula is C7H6FNO4S2. The molecule has 0 spiro atoms. The van der Waals surface area contributed by atoms with E-state index in [2.05, 4.69) is 4.74 Å². The van der Waals surface area contributed by atoms with Gasteiger partial charge in [-0.25, -0.2) is 18.9 Å². The predicted molar refractivity (Wildman–Crippen MR) is 52.8 cm³/mol. The number of ether oxygens (including phenoxy) is 1. The summed E-state index contributed by atoms with van der Waals surface area (Å²) in [5, 5.41) is 8.97. The van der Waals surface area contributed by atoms with Crippen molar-refractivity contribution >= 4 is 35.6 Å². The highest BCUT2D eigenvalue weighted by molar-refractivity contribution is 8.19. The smallest absolute Gasteiger partial charge is 0.420 e. The number of aliphatic carboxylic acids is 1. The molecule has 2 aliphatic heterocycles. The molecule has 0 aromatic heterocycles. The molecule has 5 nitrogen and oxygen atoms in total. The average molecular weight is 251 g/mol. The Balaban J connectivity index is 2.36. The molecule has 1 unspecified atom stereocenters. The van der Waals surface area contributed by atoms with Gasteiger partial charge < -0.3 is 9.84 Å². The van der Waals surface area contributed by atoms with E-state index < -0.39 is 27.5 Å². The van der Waals surface area contributed by atoms with Crippen LogP contribution in [0.15, 0.2) is 12.0 Å². The van der Waals surface area contributed by atoms with Crippen LogP contribution in [0.4, 0.5) is 9.18 Å². The molecule has 0 bridgehead atoms. The zero-order valence-corrected chi connectivity index (χ0v) is 9.10. The van der Waals surface area contributed by atoms with E-state index in [9.17, 15) is 14.0 Å². The van der Waals surface area contributed by atoms with E-state index in [1.54, 1.807) is 0 Å². The van der Waals surface area contributed by atoms with Crippen LogP contribution >= 0.6 is 23.5 Å². The van der Waals surface area contributed by atoms with E-state index in [-0.39, 0.29) is 0 Å². The Kier molecular flexibility index (Phi) is 2.34. The van der Waals surface area contributed by atoms with Crippen molar-refractivity contribution in [1.82, 2.24) is 4.90 Å². The number of hydrogen-bond donors (Lipinski definition) is 1. The fourth-order valence-electron chi connectivity index (χ4n) is 1.23. The molecule has 1 N–H and O–H groups in total. The van der Waals surface area contributed by atoms with E-state index in [1.165, 1.54) is 6.26 Å². The predicted octanol–water partition coefficient (Wildman–Crippen LogP) is 1.42. The standard InChI is InChI=1S/C7H6FNO4S2/c1-14-7(4(10)11)3(8)2-9-5(12)13-6(9)15-7/h2,6H,1H3,(H,10,11)/t6-,7?/m0/s1. The minimum atomic E-state index is -1.71. The quantitative estimate of drug-likeness (QED) is 0.800. The van der Waals surface area contributed by atoms with Crippen LogP contribution in [0.2, 0.25) is 0 Å². The molecule has 2 atom stereocenters. The first-order valence-corrected chi connectivity index (χ1v) is 5.95. The third-order valence-electron chi connectivity index (χ3n) is 2.04. The van der Waals surface area contributed by atoms with Gasteiger partial charge in [0.05, 0.1) is 0 Å². The molecule has 0 radical (unpaired) electrons. The van der Waals surface area contributed by atoms with Gasteiger partial charge in [-0.15, -0.1) is 11.8 Å². The van der Waals surface area contributed by atoms with Gasteiger partial charge in [-0.3, -0.25) is 0 Å². The van der Waals surface area contributed by atoms with Crippen LogP contribution in [0.5, 0.6) is 0 Å². The van der Waals surface area contributed by atoms with Gasteiger partial charge >= 0.3 is 12.1 Å². The lowest BCUT2D eigenvalue weighted by atomic mass is 10.3. The maximum absolute atomic E-state index is 13.6. The normalized spacial score (nSPS) is 33.7. The molecule has 2 aliphatic rings. The second kappa shape index (κ2) is 3.31. The highest BCUT2D eigenvalue weighted by Crippen LogP contribution is 2.51. The van der Waals surface area contributed by atoms with Gasteiger partial charge in [0.25, 0.3) is 0 Å². The van der Waals surface area contributed by atoms with Crippen molar-refractivity contribution in [3.8, 4) is 0 Å². The van der Waals surface area contributed by atoms with Gasteiger partial charge in [0.15, 0.2) is 5.83 Å². The number of carboxylic acids is 1. The maximum atomic E-state index is 13.6. The molecule has 0 saturated carbocycles. The van der Waals surface area contributed by atoms with Crippen LogP contribution in [0.1, 0.15) is 0 Å². The van der Waals surface area contributed by atoms with Gasteiger partial charge in [0.2, 0.25) is 9.64 Å². The maximum Gasteiger partial charge on any atom is 0.420 e. The molecule has 0 aromatic rings. The summed E-state index contributed by atoms with van der Waals surface area (Å²) in [6, 6.07) is 0. The lowest BCUT2D eigenvalue weighted by Crippen LogP contribution is -2.55. The van der Waals surface area contributed by atoms with Crippen LogP contribution in [-0.4, -0.2) is 38.0 Å². The number of fused-ring (bicyclic) bond motifs is 1. The van der Waals surface area contributed by atoms with E-state index >= 15 is 0 Å². The number of carbonyl (C=O) groups excluding carboxylic acids is 1. The number of carboxylic acid groups (broad SMARTS) is 1. The summed E-state index contributed by atoms with van der Waals surface area (Å²) in [7, 11) is 0. The molecule has 1 fully saturated rings. The van der Waals surface area contributed by atoms with Crippen molar-refractivity contribution < 1.29 is 23.8 Å². The van der Waals surface area contributed by atoms with Crippen LogP contribution in [0, 0.1) is 0 Å². The fraction of sp³-hybridized carbons (Fsp3) is 0.429. The Labute approximate surface area is 92.6 Å². The Morgan fingerprint density at radius 1 is 1.87 bits per heavy atom. The van der Waals surface area contributed by atoms with Gasteiger partial charge in [-0.05, 0) is 6.26 Å². The molecule has 82 valence electrons. The van der Waals surface area contributed by atoms with Crippen LogP contribution in [0.3, 0.4) is 0 Å². The van der Waals surface area contributed by atoms with E-state index in [0.717, 1.165) is 34.6 Å². The summed E-state index contributed by atoms with van der Waals surface area (Å²) in [6.45, 7) is 0. The topological polar surface area (TPSA) is 66.8 Å².